The summed E-state index contributed by atoms with van der Waals surface area (Å²) >= 11 is 2.63. The molecule has 2 aliphatic rings. The Balaban J connectivity index is 1.41. The molecule has 3 heterocycles. The molecule has 6 rings (SSSR count). The summed E-state index contributed by atoms with van der Waals surface area (Å²) < 4.78 is 16.6. The fourth-order valence-electron chi connectivity index (χ4n) is 4.69. The number of esters is 1. The van der Waals surface area contributed by atoms with Crippen LogP contribution >= 0.6 is 23.1 Å². The van der Waals surface area contributed by atoms with Crippen LogP contribution in [0.2, 0.25) is 0 Å². The molecule has 1 N–H and O–H groups in total. The van der Waals surface area contributed by atoms with Crippen LogP contribution in [0.4, 0.5) is 5.13 Å². The van der Waals surface area contributed by atoms with Crippen molar-refractivity contribution in [2.45, 2.75) is 16.1 Å². The fourth-order valence-corrected chi connectivity index (χ4v) is 6.51. The first-order chi connectivity index (χ1) is 20.4. The van der Waals surface area contributed by atoms with Gasteiger partial charge in [0, 0.05) is 11.3 Å². The number of rotatable bonds is 7. The fraction of sp³-hybridized carbons (Fsp3) is 0.167. The van der Waals surface area contributed by atoms with E-state index in [2.05, 4.69) is 10.2 Å². The summed E-state index contributed by atoms with van der Waals surface area (Å²) in [6.07, 6.45) is 0. The van der Waals surface area contributed by atoms with Gasteiger partial charge in [-0.3, -0.25) is 14.5 Å². The smallest absolute Gasteiger partial charge is 0.337 e. The van der Waals surface area contributed by atoms with E-state index in [0.29, 0.717) is 45.9 Å². The summed E-state index contributed by atoms with van der Waals surface area (Å²) in [4.78, 5) is 40.3. The second kappa shape index (κ2) is 11.7. The SMILES string of the molecule is COC(=O)c1ccc(C2/C(=C(\O)c3ccc4c(c3)OCCO4)C(=O)C(=O)N2c2nnc(SCc3ccccc3)s2)cc1. The van der Waals surface area contributed by atoms with Crippen LogP contribution in [-0.4, -0.2) is 53.3 Å². The molecular weight excluding hydrogens is 578 g/mol. The van der Waals surface area contributed by atoms with Crippen LogP contribution < -0.4 is 14.4 Å². The van der Waals surface area contributed by atoms with E-state index in [1.165, 1.54) is 47.2 Å². The Morgan fingerprint density at radius 3 is 2.45 bits per heavy atom. The minimum atomic E-state index is -1.04. The zero-order valence-electron chi connectivity index (χ0n) is 22.2. The van der Waals surface area contributed by atoms with Crippen LogP contribution in [0, 0.1) is 0 Å². The molecule has 1 fully saturated rings. The number of methoxy groups -OCH3 is 1. The van der Waals surface area contributed by atoms with Crippen LogP contribution in [0.5, 0.6) is 11.5 Å². The molecule has 42 heavy (non-hydrogen) atoms. The molecule has 2 aliphatic heterocycles. The molecule has 0 bridgehead atoms. The summed E-state index contributed by atoms with van der Waals surface area (Å²) in [6.45, 7) is 0.744. The number of Topliss-reactive ketones (excluding diaryl/α,β-unsaturated/α-hetero) is 1. The molecule has 1 saturated heterocycles. The first kappa shape index (κ1) is 27.5. The van der Waals surface area contributed by atoms with Crippen LogP contribution in [-0.2, 0) is 20.1 Å². The van der Waals surface area contributed by atoms with Gasteiger partial charge in [0.1, 0.15) is 19.0 Å². The van der Waals surface area contributed by atoms with Crippen molar-refractivity contribution in [3.05, 3.63) is 101 Å². The zero-order valence-corrected chi connectivity index (χ0v) is 23.8. The number of carbonyl (C=O) groups excluding carboxylic acids is 3. The Morgan fingerprint density at radius 2 is 1.71 bits per heavy atom. The number of hydrogen-bond donors (Lipinski definition) is 1. The number of carbonyl (C=O) groups is 3. The molecule has 0 radical (unpaired) electrons. The van der Waals surface area contributed by atoms with E-state index in [1.54, 1.807) is 30.3 Å². The standard InChI is InChI=1S/C30H23N3O7S2/c1-38-28(37)19-9-7-18(8-10-19)24-23(25(34)20-11-12-21-22(15-20)40-14-13-39-21)26(35)27(36)33(24)29-31-32-30(42-29)41-16-17-5-3-2-4-6-17/h2-12,15,24,34H,13-14,16H2,1H3/b25-23+. The summed E-state index contributed by atoms with van der Waals surface area (Å²) in [7, 11) is 1.28. The Labute approximate surface area is 248 Å². The Kier molecular flexibility index (Phi) is 7.64. The number of benzene rings is 3. The van der Waals surface area contributed by atoms with Gasteiger partial charge in [0.15, 0.2) is 15.8 Å². The number of nitrogens with zero attached hydrogens (tertiary/aromatic N) is 3. The van der Waals surface area contributed by atoms with Gasteiger partial charge in [-0.2, -0.15) is 0 Å². The summed E-state index contributed by atoms with van der Waals surface area (Å²) in [5.74, 6) is -1.05. The normalized spacial score (nSPS) is 17.4. The van der Waals surface area contributed by atoms with E-state index in [-0.39, 0.29) is 22.0 Å². The van der Waals surface area contributed by atoms with Gasteiger partial charge in [-0.05, 0) is 41.5 Å². The third kappa shape index (κ3) is 5.21. The zero-order chi connectivity index (χ0) is 29.2. The highest BCUT2D eigenvalue weighted by molar-refractivity contribution is 8.00. The molecule has 212 valence electrons. The highest BCUT2D eigenvalue weighted by Crippen LogP contribution is 2.45. The quantitative estimate of drug-likeness (QED) is 0.0771. The molecule has 0 saturated carbocycles. The lowest BCUT2D eigenvalue weighted by molar-refractivity contribution is -0.132. The van der Waals surface area contributed by atoms with E-state index < -0.39 is 23.7 Å². The maximum Gasteiger partial charge on any atom is 0.337 e. The lowest BCUT2D eigenvalue weighted by Crippen LogP contribution is -2.29. The van der Waals surface area contributed by atoms with Gasteiger partial charge in [0.25, 0.3) is 5.78 Å². The molecular formula is C30H23N3O7S2. The predicted octanol–water partition coefficient (Wildman–Crippen LogP) is 5.01. The van der Waals surface area contributed by atoms with Gasteiger partial charge in [-0.25, -0.2) is 4.79 Å². The third-order valence-corrected chi connectivity index (χ3v) is 8.84. The minimum Gasteiger partial charge on any atom is -0.507 e. The van der Waals surface area contributed by atoms with E-state index in [4.69, 9.17) is 14.2 Å². The van der Waals surface area contributed by atoms with Gasteiger partial charge in [0.2, 0.25) is 5.13 Å². The van der Waals surface area contributed by atoms with Gasteiger partial charge in [-0.1, -0.05) is 65.6 Å². The van der Waals surface area contributed by atoms with Crippen molar-refractivity contribution in [1.29, 1.82) is 0 Å². The molecule has 10 nitrogen and oxygen atoms in total. The van der Waals surface area contributed by atoms with Crippen molar-refractivity contribution in [2.24, 2.45) is 0 Å². The second-order valence-corrected chi connectivity index (χ2v) is 11.4. The maximum atomic E-state index is 13.5. The number of ketones is 1. The number of thioether (sulfide) groups is 1. The van der Waals surface area contributed by atoms with Crippen molar-refractivity contribution in [1.82, 2.24) is 10.2 Å². The molecule has 4 aromatic rings. The number of amides is 1. The number of fused-ring (bicyclic) bond motifs is 1. The molecule has 1 aromatic heterocycles. The van der Waals surface area contributed by atoms with Gasteiger partial charge < -0.3 is 19.3 Å². The second-order valence-electron chi connectivity index (χ2n) is 9.27. The molecule has 12 heteroatoms. The molecule has 0 aliphatic carbocycles. The predicted molar refractivity (Wildman–Crippen MR) is 156 cm³/mol. The Morgan fingerprint density at radius 1 is 1.00 bits per heavy atom. The van der Waals surface area contributed by atoms with Crippen molar-refractivity contribution in [3.63, 3.8) is 0 Å². The van der Waals surface area contributed by atoms with Crippen LogP contribution in [0.15, 0.2) is 82.7 Å². The van der Waals surface area contributed by atoms with Crippen molar-refractivity contribution >= 4 is 51.6 Å². The lowest BCUT2D eigenvalue weighted by atomic mass is 9.94. The Hall–Kier alpha value is -4.68. The average molecular weight is 602 g/mol. The van der Waals surface area contributed by atoms with E-state index in [0.717, 1.165) is 5.56 Å². The minimum absolute atomic E-state index is 0.129. The topological polar surface area (TPSA) is 128 Å². The van der Waals surface area contributed by atoms with E-state index in [1.807, 2.05) is 30.3 Å². The van der Waals surface area contributed by atoms with Crippen LogP contribution in [0.25, 0.3) is 5.76 Å². The number of ether oxygens (including phenoxy) is 3. The third-order valence-electron chi connectivity index (χ3n) is 6.71. The first-order valence-electron chi connectivity index (χ1n) is 12.8. The first-order valence-corrected chi connectivity index (χ1v) is 14.6. The van der Waals surface area contributed by atoms with Crippen molar-refractivity contribution in [2.75, 3.05) is 25.2 Å². The summed E-state index contributed by atoms with van der Waals surface area (Å²) in [6, 6.07) is 19.9. The maximum absolute atomic E-state index is 13.5. The van der Waals surface area contributed by atoms with Crippen LogP contribution in [0.3, 0.4) is 0 Å². The van der Waals surface area contributed by atoms with Crippen molar-refractivity contribution in [3.8, 4) is 11.5 Å². The van der Waals surface area contributed by atoms with Gasteiger partial charge in [-0.15, -0.1) is 10.2 Å². The largest absolute Gasteiger partial charge is 0.507 e. The number of aromatic nitrogens is 2. The number of aliphatic hydroxyl groups is 1. The molecule has 1 amide bonds. The van der Waals surface area contributed by atoms with E-state index in [9.17, 15) is 19.5 Å². The number of anilines is 1. The monoisotopic (exact) mass is 601 g/mol. The van der Waals surface area contributed by atoms with Crippen LogP contribution in [0.1, 0.15) is 33.1 Å². The van der Waals surface area contributed by atoms with Crippen molar-refractivity contribution < 1.29 is 33.7 Å². The highest BCUT2D eigenvalue weighted by atomic mass is 32.2. The Bertz CT molecular complexity index is 1700. The highest BCUT2D eigenvalue weighted by Gasteiger charge is 2.48. The summed E-state index contributed by atoms with van der Waals surface area (Å²) in [5.41, 5.74) is 2.03. The molecule has 1 atom stereocenters. The molecule has 0 spiro atoms. The molecule has 3 aromatic carbocycles. The lowest BCUT2D eigenvalue weighted by Gasteiger charge is -2.23. The summed E-state index contributed by atoms with van der Waals surface area (Å²) in [5, 5.41) is 20.2. The number of aliphatic hydroxyl groups excluding tert-OH is 1. The number of hydrogen-bond acceptors (Lipinski definition) is 11. The van der Waals surface area contributed by atoms with Gasteiger partial charge in [0.05, 0.1) is 24.3 Å². The van der Waals surface area contributed by atoms with Gasteiger partial charge >= 0.3 is 11.9 Å². The van der Waals surface area contributed by atoms with E-state index >= 15 is 0 Å². The molecule has 1 unspecified atom stereocenters. The average Bonchev–Trinajstić information content (AvgIpc) is 3.61.